The van der Waals surface area contributed by atoms with Crippen LogP contribution in [0.5, 0.6) is 0 Å². The third-order valence-electron chi connectivity index (χ3n) is 1.97. The van der Waals surface area contributed by atoms with Gasteiger partial charge in [0.05, 0.1) is 0 Å². The molecule has 2 heteroatoms. The molecule has 0 unspecified atom stereocenters. The highest BCUT2D eigenvalue weighted by Gasteiger charge is 2.03. The molecular formula is C11H15NO. The average Bonchev–Trinajstić information content (AvgIpc) is 2.17. The molecule has 1 aromatic rings. The van der Waals surface area contributed by atoms with E-state index in [0.717, 1.165) is 11.1 Å². The van der Waals surface area contributed by atoms with Crippen LogP contribution in [0.15, 0.2) is 36.2 Å². The zero-order valence-corrected chi connectivity index (χ0v) is 8.28. The minimum absolute atomic E-state index is 0.311. The molecule has 0 aliphatic heterocycles. The summed E-state index contributed by atoms with van der Waals surface area (Å²) < 4.78 is 0. The summed E-state index contributed by atoms with van der Waals surface area (Å²) in [6.07, 6.45) is 0. The highest BCUT2D eigenvalue weighted by molar-refractivity contribution is 5.64. The molecule has 1 rings (SSSR count). The molecule has 1 N–H and O–H groups in total. The zero-order chi connectivity index (χ0) is 9.84. The molecule has 0 saturated heterocycles. The summed E-state index contributed by atoms with van der Waals surface area (Å²) in [6.45, 7) is 1.91. The number of allylic oxidation sites excluding steroid dienone is 1. The van der Waals surface area contributed by atoms with Gasteiger partial charge in [0.1, 0.15) is 0 Å². The van der Waals surface area contributed by atoms with Crippen LogP contribution in [0, 0.1) is 0 Å². The average molecular weight is 177 g/mol. The molecule has 0 aliphatic carbocycles. The van der Waals surface area contributed by atoms with E-state index in [1.54, 1.807) is 4.90 Å². The highest BCUT2D eigenvalue weighted by Crippen LogP contribution is 2.16. The molecule has 0 bridgehead atoms. The van der Waals surface area contributed by atoms with Crippen molar-refractivity contribution in [2.24, 2.45) is 0 Å². The zero-order valence-electron chi connectivity index (χ0n) is 8.28. The summed E-state index contributed by atoms with van der Waals surface area (Å²) in [5, 5.41) is 9.65. The minimum atomic E-state index is 0.311. The fourth-order valence-corrected chi connectivity index (χ4v) is 1.15. The van der Waals surface area contributed by atoms with Gasteiger partial charge < -0.3 is 10.0 Å². The Morgan fingerprint density at radius 3 is 2.15 bits per heavy atom. The van der Waals surface area contributed by atoms with Gasteiger partial charge in [0.2, 0.25) is 0 Å². The van der Waals surface area contributed by atoms with E-state index in [0.29, 0.717) is 5.88 Å². The van der Waals surface area contributed by atoms with E-state index in [2.05, 4.69) is 0 Å². The maximum absolute atomic E-state index is 9.65. The van der Waals surface area contributed by atoms with E-state index < -0.39 is 0 Å². The van der Waals surface area contributed by atoms with Crippen LogP contribution in [0.25, 0.3) is 5.57 Å². The predicted octanol–water partition coefficient (Wildman–Crippen LogP) is 2.49. The summed E-state index contributed by atoms with van der Waals surface area (Å²) in [4.78, 5) is 1.70. The van der Waals surface area contributed by atoms with Crippen LogP contribution in [0.4, 0.5) is 0 Å². The molecule has 0 radical (unpaired) electrons. The van der Waals surface area contributed by atoms with E-state index in [1.165, 1.54) is 0 Å². The van der Waals surface area contributed by atoms with Crippen molar-refractivity contribution in [3.63, 3.8) is 0 Å². The van der Waals surface area contributed by atoms with Gasteiger partial charge in [0, 0.05) is 19.7 Å². The van der Waals surface area contributed by atoms with Gasteiger partial charge in [-0.2, -0.15) is 0 Å². The fraction of sp³-hybridized carbons (Fsp3) is 0.273. The highest BCUT2D eigenvalue weighted by atomic mass is 16.3. The number of nitrogens with zero attached hydrogens (tertiary/aromatic N) is 1. The van der Waals surface area contributed by atoms with E-state index in [9.17, 15) is 5.11 Å². The lowest BCUT2D eigenvalue weighted by Crippen LogP contribution is -2.11. The lowest BCUT2D eigenvalue weighted by molar-refractivity contribution is 0.266. The topological polar surface area (TPSA) is 23.5 Å². The van der Waals surface area contributed by atoms with Gasteiger partial charge in [-0.05, 0) is 12.5 Å². The number of hydrogen-bond donors (Lipinski definition) is 1. The standard InChI is InChI=1S/C11H15NO/c1-9(11(13)12(2)3)10-7-5-4-6-8-10/h4-8,13H,1-3H3/b11-9-. The van der Waals surface area contributed by atoms with E-state index in [1.807, 2.05) is 51.4 Å². The van der Waals surface area contributed by atoms with Crippen molar-refractivity contribution in [1.29, 1.82) is 0 Å². The van der Waals surface area contributed by atoms with Gasteiger partial charge in [-0.25, -0.2) is 0 Å². The Balaban J connectivity index is 3.03. The number of hydrogen-bond acceptors (Lipinski definition) is 2. The molecule has 1 aromatic carbocycles. The third kappa shape index (κ3) is 2.25. The molecule has 0 aromatic heterocycles. The van der Waals surface area contributed by atoms with Gasteiger partial charge in [-0.3, -0.25) is 0 Å². The second kappa shape index (κ2) is 3.99. The first-order valence-corrected chi connectivity index (χ1v) is 4.25. The molecule has 0 amide bonds. The smallest absolute Gasteiger partial charge is 0.189 e. The summed E-state index contributed by atoms with van der Waals surface area (Å²) in [5.74, 6) is 0.311. The van der Waals surface area contributed by atoms with Gasteiger partial charge in [0.15, 0.2) is 5.88 Å². The fourth-order valence-electron chi connectivity index (χ4n) is 1.15. The van der Waals surface area contributed by atoms with E-state index >= 15 is 0 Å². The molecule has 0 aliphatic rings. The van der Waals surface area contributed by atoms with Crippen molar-refractivity contribution in [3.05, 3.63) is 41.8 Å². The van der Waals surface area contributed by atoms with Crippen LogP contribution in [-0.4, -0.2) is 24.1 Å². The molecule has 0 heterocycles. The summed E-state index contributed by atoms with van der Waals surface area (Å²) >= 11 is 0. The third-order valence-corrected chi connectivity index (χ3v) is 1.97. The van der Waals surface area contributed by atoms with E-state index in [-0.39, 0.29) is 0 Å². The largest absolute Gasteiger partial charge is 0.494 e. The Labute approximate surface area is 79.1 Å². The van der Waals surface area contributed by atoms with Crippen molar-refractivity contribution in [2.75, 3.05) is 14.1 Å². The van der Waals surface area contributed by atoms with Crippen molar-refractivity contribution in [3.8, 4) is 0 Å². The molecular weight excluding hydrogens is 162 g/mol. The number of aliphatic hydroxyl groups is 1. The van der Waals surface area contributed by atoms with E-state index in [4.69, 9.17) is 0 Å². The number of rotatable bonds is 2. The lowest BCUT2D eigenvalue weighted by Gasteiger charge is -2.14. The SMILES string of the molecule is C/C(=C(/O)N(C)C)c1ccccc1. The molecule has 2 nitrogen and oxygen atoms in total. The van der Waals surface area contributed by atoms with Crippen LogP contribution < -0.4 is 0 Å². The van der Waals surface area contributed by atoms with Crippen LogP contribution in [0.2, 0.25) is 0 Å². The van der Waals surface area contributed by atoms with Crippen LogP contribution in [-0.2, 0) is 0 Å². The quantitative estimate of drug-likeness (QED) is 0.701. The second-order valence-corrected chi connectivity index (χ2v) is 3.21. The molecule has 0 spiro atoms. The Morgan fingerprint density at radius 1 is 1.15 bits per heavy atom. The number of benzene rings is 1. The number of aliphatic hydroxyl groups excluding tert-OH is 1. The Bertz CT molecular complexity index is 301. The summed E-state index contributed by atoms with van der Waals surface area (Å²) in [5.41, 5.74) is 1.94. The Hall–Kier alpha value is -1.44. The summed E-state index contributed by atoms with van der Waals surface area (Å²) in [7, 11) is 3.64. The first kappa shape index (κ1) is 9.65. The van der Waals surface area contributed by atoms with Crippen molar-refractivity contribution in [1.82, 2.24) is 4.90 Å². The minimum Gasteiger partial charge on any atom is -0.494 e. The van der Waals surface area contributed by atoms with Crippen molar-refractivity contribution >= 4 is 5.57 Å². The molecule has 0 atom stereocenters. The van der Waals surface area contributed by atoms with Gasteiger partial charge in [0.25, 0.3) is 0 Å². The van der Waals surface area contributed by atoms with Gasteiger partial charge in [-0.15, -0.1) is 0 Å². The van der Waals surface area contributed by atoms with Crippen LogP contribution >= 0.6 is 0 Å². The maximum atomic E-state index is 9.65. The summed E-state index contributed by atoms with van der Waals surface area (Å²) in [6, 6.07) is 9.84. The molecule has 0 saturated carbocycles. The first-order chi connectivity index (χ1) is 6.13. The second-order valence-electron chi connectivity index (χ2n) is 3.21. The van der Waals surface area contributed by atoms with Crippen LogP contribution in [0.1, 0.15) is 12.5 Å². The van der Waals surface area contributed by atoms with Crippen molar-refractivity contribution in [2.45, 2.75) is 6.92 Å². The maximum Gasteiger partial charge on any atom is 0.189 e. The van der Waals surface area contributed by atoms with Crippen molar-refractivity contribution < 1.29 is 5.11 Å². The normalized spacial score (nSPS) is 12.2. The first-order valence-electron chi connectivity index (χ1n) is 4.25. The van der Waals surface area contributed by atoms with Crippen LogP contribution in [0.3, 0.4) is 0 Å². The Kier molecular flexibility index (Phi) is 2.96. The monoisotopic (exact) mass is 177 g/mol. The Morgan fingerprint density at radius 2 is 1.69 bits per heavy atom. The molecule has 70 valence electrons. The lowest BCUT2D eigenvalue weighted by atomic mass is 10.1. The van der Waals surface area contributed by atoms with Gasteiger partial charge in [-0.1, -0.05) is 30.3 Å². The van der Waals surface area contributed by atoms with Gasteiger partial charge >= 0.3 is 0 Å². The molecule has 13 heavy (non-hydrogen) atoms. The predicted molar refractivity (Wildman–Crippen MR) is 55.4 cm³/mol. The molecule has 0 fully saturated rings.